The summed E-state index contributed by atoms with van der Waals surface area (Å²) in [5.74, 6) is 0.578. The lowest BCUT2D eigenvalue weighted by Crippen LogP contribution is -2.33. The van der Waals surface area contributed by atoms with Crippen molar-refractivity contribution in [2.75, 3.05) is 6.54 Å². The van der Waals surface area contributed by atoms with Gasteiger partial charge in [-0.2, -0.15) is 4.98 Å². The zero-order valence-corrected chi connectivity index (χ0v) is 12.4. The molecule has 0 spiro atoms. The van der Waals surface area contributed by atoms with E-state index in [2.05, 4.69) is 20.4 Å². The van der Waals surface area contributed by atoms with Crippen LogP contribution < -0.4 is 5.32 Å². The van der Waals surface area contributed by atoms with Crippen molar-refractivity contribution in [2.24, 2.45) is 0 Å². The smallest absolute Gasteiger partial charge is 0.407 e. The molecule has 0 atom stereocenters. The minimum atomic E-state index is -0.496. The Labute approximate surface area is 122 Å². The van der Waals surface area contributed by atoms with Crippen molar-refractivity contribution in [3.8, 4) is 0 Å². The van der Waals surface area contributed by atoms with Gasteiger partial charge in [0.2, 0.25) is 6.39 Å². The second-order valence-corrected chi connectivity index (χ2v) is 5.54. The minimum absolute atomic E-state index is 0.424. The molecule has 21 heavy (non-hydrogen) atoms. The summed E-state index contributed by atoms with van der Waals surface area (Å²) in [4.78, 5) is 19.6. The molecule has 114 valence electrons. The average molecular weight is 293 g/mol. The molecule has 1 N–H and O–H groups in total. The number of alkyl carbamates (subject to hydrolysis) is 1. The number of carbonyl (C=O) groups excluding carboxylic acids is 1. The first-order valence-electron chi connectivity index (χ1n) is 6.65. The third-order valence-electron chi connectivity index (χ3n) is 2.57. The second-order valence-electron chi connectivity index (χ2n) is 5.54. The molecule has 0 aliphatic heterocycles. The molecule has 0 aliphatic carbocycles. The predicted molar refractivity (Wildman–Crippen MR) is 73.6 cm³/mol. The molecular formula is C13H19N5O3. The van der Waals surface area contributed by atoms with Crippen molar-refractivity contribution in [1.29, 1.82) is 0 Å². The highest BCUT2D eigenvalue weighted by Gasteiger charge is 2.15. The molecule has 1 amide bonds. The molecule has 0 radical (unpaired) electrons. The summed E-state index contributed by atoms with van der Waals surface area (Å²) in [6, 6.07) is 0. The number of nitrogens with zero attached hydrogens (tertiary/aromatic N) is 4. The Morgan fingerprint density at radius 1 is 1.48 bits per heavy atom. The molecule has 0 saturated carbocycles. The number of hydrogen-bond acceptors (Lipinski definition) is 6. The summed E-state index contributed by atoms with van der Waals surface area (Å²) in [5.41, 5.74) is 0.473. The summed E-state index contributed by atoms with van der Waals surface area (Å²) >= 11 is 0. The summed E-state index contributed by atoms with van der Waals surface area (Å²) in [6.07, 6.45) is 4.94. The van der Waals surface area contributed by atoms with Crippen LogP contribution in [-0.2, 0) is 17.7 Å². The molecule has 2 heterocycles. The van der Waals surface area contributed by atoms with Gasteiger partial charge in [0.25, 0.3) is 0 Å². The van der Waals surface area contributed by atoms with Crippen LogP contribution in [0.2, 0.25) is 0 Å². The Hall–Kier alpha value is -2.38. The van der Waals surface area contributed by atoms with Crippen LogP contribution >= 0.6 is 0 Å². The Bertz CT molecular complexity index is 571. The van der Waals surface area contributed by atoms with Gasteiger partial charge in [-0.05, 0) is 20.8 Å². The van der Waals surface area contributed by atoms with Gasteiger partial charge in [-0.15, -0.1) is 0 Å². The Morgan fingerprint density at radius 2 is 2.29 bits per heavy atom. The second kappa shape index (κ2) is 6.38. The fourth-order valence-electron chi connectivity index (χ4n) is 1.72. The molecule has 8 heteroatoms. The Balaban J connectivity index is 1.81. The average Bonchev–Trinajstić information content (AvgIpc) is 3.00. The summed E-state index contributed by atoms with van der Waals surface area (Å²) in [7, 11) is 0. The lowest BCUT2D eigenvalue weighted by molar-refractivity contribution is 0.0528. The molecule has 8 nitrogen and oxygen atoms in total. The number of aromatic nitrogens is 4. The standard InChI is InChI=1S/C13H19N5O3/c1-13(2,3)21-12(19)15-5-4-10-6-14-8-18(10)7-11-16-9-20-17-11/h6,8-9H,4-5,7H2,1-3H3,(H,15,19). The lowest BCUT2D eigenvalue weighted by atomic mass is 10.2. The first kappa shape index (κ1) is 15.0. The van der Waals surface area contributed by atoms with Crippen LogP contribution in [0.25, 0.3) is 0 Å². The third kappa shape index (κ3) is 4.90. The Kier molecular flexibility index (Phi) is 4.56. The number of hydrogen-bond donors (Lipinski definition) is 1. The van der Waals surface area contributed by atoms with Crippen LogP contribution in [-0.4, -0.2) is 37.9 Å². The van der Waals surface area contributed by atoms with E-state index in [1.54, 1.807) is 12.5 Å². The maximum absolute atomic E-state index is 11.5. The van der Waals surface area contributed by atoms with E-state index in [-0.39, 0.29) is 0 Å². The van der Waals surface area contributed by atoms with Crippen LogP contribution in [0.4, 0.5) is 4.79 Å². The van der Waals surface area contributed by atoms with E-state index in [1.807, 2.05) is 25.3 Å². The fraction of sp³-hybridized carbons (Fsp3) is 0.538. The van der Waals surface area contributed by atoms with Gasteiger partial charge in [0.1, 0.15) is 5.60 Å². The van der Waals surface area contributed by atoms with Gasteiger partial charge in [0.05, 0.1) is 12.9 Å². The molecule has 2 aromatic heterocycles. The molecule has 0 unspecified atom stereocenters. The highest BCUT2D eigenvalue weighted by molar-refractivity contribution is 5.67. The molecule has 0 aromatic carbocycles. The van der Waals surface area contributed by atoms with Crippen molar-refractivity contribution in [2.45, 2.75) is 39.3 Å². The van der Waals surface area contributed by atoms with Gasteiger partial charge in [0, 0.05) is 24.9 Å². The van der Waals surface area contributed by atoms with Gasteiger partial charge in [0.15, 0.2) is 5.82 Å². The van der Waals surface area contributed by atoms with Crippen molar-refractivity contribution < 1.29 is 14.1 Å². The van der Waals surface area contributed by atoms with Gasteiger partial charge in [-0.3, -0.25) is 0 Å². The van der Waals surface area contributed by atoms with E-state index < -0.39 is 11.7 Å². The lowest BCUT2D eigenvalue weighted by Gasteiger charge is -2.19. The molecule has 0 bridgehead atoms. The van der Waals surface area contributed by atoms with Crippen molar-refractivity contribution in [1.82, 2.24) is 25.0 Å². The van der Waals surface area contributed by atoms with E-state index >= 15 is 0 Å². The third-order valence-corrected chi connectivity index (χ3v) is 2.57. The van der Waals surface area contributed by atoms with Crippen LogP contribution in [0, 0.1) is 0 Å². The maximum Gasteiger partial charge on any atom is 0.407 e. The van der Waals surface area contributed by atoms with Gasteiger partial charge < -0.3 is 19.1 Å². The Morgan fingerprint density at radius 3 is 2.95 bits per heavy atom. The summed E-state index contributed by atoms with van der Waals surface area (Å²) in [5, 5.41) is 6.47. The van der Waals surface area contributed by atoms with E-state index in [0.717, 1.165) is 5.69 Å². The topological polar surface area (TPSA) is 95.1 Å². The molecule has 0 saturated heterocycles. The number of nitrogens with one attached hydrogen (secondary N) is 1. The zero-order valence-electron chi connectivity index (χ0n) is 12.4. The monoisotopic (exact) mass is 293 g/mol. The fourth-order valence-corrected chi connectivity index (χ4v) is 1.72. The largest absolute Gasteiger partial charge is 0.444 e. The SMILES string of the molecule is CC(C)(C)OC(=O)NCCc1cncn1Cc1ncon1. The van der Waals surface area contributed by atoms with E-state index in [4.69, 9.17) is 9.26 Å². The summed E-state index contributed by atoms with van der Waals surface area (Å²) < 4.78 is 11.8. The molecular weight excluding hydrogens is 274 g/mol. The minimum Gasteiger partial charge on any atom is -0.444 e. The van der Waals surface area contributed by atoms with Crippen LogP contribution in [0.1, 0.15) is 32.3 Å². The normalized spacial score (nSPS) is 11.4. The number of imidazole rings is 1. The molecule has 0 aliphatic rings. The first-order chi connectivity index (χ1) is 9.94. The van der Waals surface area contributed by atoms with Crippen molar-refractivity contribution in [3.63, 3.8) is 0 Å². The number of ether oxygens (including phenoxy) is 1. The quantitative estimate of drug-likeness (QED) is 0.895. The van der Waals surface area contributed by atoms with Gasteiger partial charge >= 0.3 is 6.09 Å². The van der Waals surface area contributed by atoms with Crippen molar-refractivity contribution in [3.05, 3.63) is 30.4 Å². The van der Waals surface area contributed by atoms with E-state index in [9.17, 15) is 4.79 Å². The molecule has 2 rings (SSSR count). The van der Waals surface area contributed by atoms with Crippen molar-refractivity contribution >= 4 is 6.09 Å². The maximum atomic E-state index is 11.5. The van der Waals surface area contributed by atoms with E-state index in [1.165, 1.54) is 6.39 Å². The van der Waals surface area contributed by atoms with Gasteiger partial charge in [-0.1, -0.05) is 5.16 Å². The molecule has 0 fully saturated rings. The molecule has 2 aromatic rings. The summed E-state index contributed by atoms with van der Waals surface area (Å²) in [6.45, 7) is 6.43. The van der Waals surface area contributed by atoms with Crippen LogP contribution in [0.15, 0.2) is 23.4 Å². The van der Waals surface area contributed by atoms with Gasteiger partial charge in [-0.25, -0.2) is 9.78 Å². The van der Waals surface area contributed by atoms with E-state index in [0.29, 0.717) is 25.3 Å². The zero-order chi connectivity index (χ0) is 15.3. The predicted octanol–water partition coefficient (Wildman–Crippen LogP) is 1.38. The number of carbonyl (C=O) groups is 1. The number of rotatable bonds is 5. The van der Waals surface area contributed by atoms with Crippen LogP contribution in [0.5, 0.6) is 0 Å². The number of amides is 1. The first-order valence-corrected chi connectivity index (χ1v) is 6.65. The highest BCUT2D eigenvalue weighted by atomic mass is 16.6. The highest BCUT2D eigenvalue weighted by Crippen LogP contribution is 2.07. The van der Waals surface area contributed by atoms with Crippen LogP contribution in [0.3, 0.4) is 0 Å².